The molecule has 0 spiro atoms. The van der Waals surface area contributed by atoms with Crippen molar-refractivity contribution >= 4 is 12.2 Å². The highest BCUT2D eigenvalue weighted by Crippen LogP contribution is 2.19. The summed E-state index contributed by atoms with van der Waals surface area (Å²) >= 11 is 0. The minimum Gasteiger partial charge on any atom is -0.346 e. The topological polar surface area (TPSA) is 63.6 Å². The highest BCUT2D eigenvalue weighted by molar-refractivity contribution is 5.47. The number of aromatic nitrogens is 1. The molecular weight excluding hydrogens is 260 g/mol. The fraction of sp³-hybridized carbons (Fsp3) is 0.471. The van der Waals surface area contributed by atoms with Crippen LogP contribution in [0.5, 0.6) is 0 Å². The van der Waals surface area contributed by atoms with Crippen molar-refractivity contribution in [2.75, 3.05) is 13.6 Å². The number of hydrogen-bond acceptors (Lipinski definition) is 3. The zero-order chi connectivity index (χ0) is 14.7. The Hall–Kier alpha value is -1.83. The second-order valence-corrected chi connectivity index (χ2v) is 5.94. The SMILES string of the molecule is CNC1CCC(NCC2=CC=c3[nH]c(C#N)cc3=CC2)C1. The van der Waals surface area contributed by atoms with Crippen LogP contribution >= 0.6 is 0 Å². The molecule has 1 aromatic heterocycles. The van der Waals surface area contributed by atoms with Crippen LogP contribution in [0.2, 0.25) is 0 Å². The molecule has 0 aromatic carbocycles. The molecular formula is C17H22N4. The lowest BCUT2D eigenvalue weighted by Gasteiger charge is -2.14. The van der Waals surface area contributed by atoms with E-state index < -0.39 is 0 Å². The molecule has 0 radical (unpaired) electrons. The van der Waals surface area contributed by atoms with Gasteiger partial charge in [-0.1, -0.05) is 17.7 Å². The zero-order valence-corrected chi connectivity index (χ0v) is 12.4. The number of nitrogens with one attached hydrogen (secondary N) is 3. The van der Waals surface area contributed by atoms with Gasteiger partial charge in [0, 0.05) is 24.0 Å². The monoisotopic (exact) mass is 282 g/mol. The molecule has 1 saturated carbocycles. The molecule has 0 amide bonds. The molecule has 0 aliphatic heterocycles. The molecule has 0 bridgehead atoms. The lowest BCUT2D eigenvalue weighted by Crippen LogP contribution is -2.31. The van der Waals surface area contributed by atoms with Gasteiger partial charge in [0.15, 0.2) is 0 Å². The quantitative estimate of drug-likeness (QED) is 0.754. The predicted octanol–water partition coefficient (Wildman–Crippen LogP) is 0.508. The Morgan fingerprint density at radius 3 is 2.95 bits per heavy atom. The van der Waals surface area contributed by atoms with Gasteiger partial charge in [-0.3, -0.25) is 0 Å². The number of nitriles is 1. The van der Waals surface area contributed by atoms with Crippen LogP contribution in [0, 0.1) is 11.3 Å². The second-order valence-electron chi connectivity index (χ2n) is 5.94. The Morgan fingerprint density at radius 2 is 2.19 bits per heavy atom. The number of nitrogens with zero attached hydrogens (tertiary/aromatic N) is 1. The van der Waals surface area contributed by atoms with E-state index in [4.69, 9.17) is 5.26 Å². The number of fused-ring (bicyclic) bond motifs is 1. The molecule has 4 nitrogen and oxygen atoms in total. The van der Waals surface area contributed by atoms with Crippen molar-refractivity contribution in [2.45, 2.75) is 37.8 Å². The summed E-state index contributed by atoms with van der Waals surface area (Å²) in [7, 11) is 2.05. The minimum atomic E-state index is 0.631. The van der Waals surface area contributed by atoms with E-state index in [1.807, 2.05) is 13.1 Å². The Balaban J connectivity index is 1.62. The summed E-state index contributed by atoms with van der Waals surface area (Å²) < 4.78 is 0. The molecule has 1 fully saturated rings. The summed E-state index contributed by atoms with van der Waals surface area (Å²) in [5.41, 5.74) is 2.03. The average molecular weight is 282 g/mol. The van der Waals surface area contributed by atoms with Crippen molar-refractivity contribution < 1.29 is 0 Å². The maximum absolute atomic E-state index is 8.92. The van der Waals surface area contributed by atoms with Crippen LogP contribution in [0.3, 0.4) is 0 Å². The molecule has 1 aromatic rings. The van der Waals surface area contributed by atoms with E-state index in [0.29, 0.717) is 17.8 Å². The standard InChI is InChI=1S/C17H22N4/c1-19-14-5-6-15(9-14)20-11-12-2-4-13-8-16(10-18)21-17(13)7-3-12/h3-4,7-8,14-15,19-21H,2,5-6,9,11H2,1H3. The molecule has 4 heteroatoms. The van der Waals surface area contributed by atoms with Crippen LogP contribution < -0.4 is 21.2 Å². The summed E-state index contributed by atoms with van der Waals surface area (Å²) in [6.45, 7) is 0.948. The smallest absolute Gasteiger partial charge is 0.118 e. The Bertz CT molecular complexity index is 689. The van der Waals surface area contributed by atoms with E-state index in [-0.39, 0.29) is 0 Å². The molecule has 1 heterocycles. The van der Waals surface area contributed by atoms with E-state index in [1.54, 1.807) is 0 Å². The fourth-order valence-electron chi connectivity index (χ4n) is 3.20. The van der Waals surface area contributed by atoms with E-state index in [2.05, 4.69) is 39.9 Å². The van der Waals surface area contributed by atoms with Gasteiger partial charge in [0.05, 0.1) is 0 Å². The van der Waals surface area contributed by atoms with Gasteiger partial charge in [-0.15, -0.1) is 0 Å². The van der Waals surface area contributed by atoms with Crippen molar-refractivity contribution in [3.05, 3.63) is 34.0 Å². The van der Waals surface area contributed by atoms with Crippen LogP contribution in [0.25, 0.3) is 12.2 Å². The normalized spacial score (nSPS) is 24.3. The third-order valence-corrected chi connectivity index (χ3v) is 4.53. The van der Waals surface area contributed by atoms with Crippen LogP contribution in [0.4, 0.5) is 0 Å². The van der Waals surface area contributed by atoms with Gasteiger partial charge >= 0.3 is 0 Å². The number of rotatable bonds is 4. The van der Waals surface area contributed by atoms with Gasteiger partial charge in [-0.25, -0.2) is 0 Å². The fourth-order valence-corrected chi connectivity index (χ4v) is 3.20. The van der Waals surface area contributed by atoms with E-state index in [1.165, 1.54) is 24.8 Å². The molecule has 3 rings (SSSR count). The number of hydrogen-bond donors (Lipinski definition) is 3. The van der Waals surface area contributed by atoms with Crippen molar-refractivity contribution in [1.82, 2.24) is 15.6 Å². The second kappa shape index (κ2) is 6.30. The van der Waals surface area contributed by atoms with E-state index >= 15 is 0 Å². The summed E-state index contributed by atoms with van der Waals surface area (Å²) in [6.07, 6.45) is 11.2. The minimum absolute atomic E-state index is 0.631. The molecule has 0 saturated heterocycles. The van der Waals surface area contributed by atoms with Crippen molar-refractivity contribution in [3.8, 4) is 6.07 Å². The Morgan fingerprint density at radius 1 is 1.33 bits per heavy atom. The average Bonchev–Trinajstić information content (AvgIpc) is 3.09. The highest BCUT2D eigenvalue weighted by atomic mass is 15.0. The molecule has 2 aliphatic rings. The first-order chi connectivity index (χ1) is 10.3. The summed E-state index contributed by atoms with van der Waals surface area (Å²) in [6, 6.07) is 5.38. The Kier molecular flexibility index (Phi) is 4.23. The largest absolute Gasteiger partial charge is 0.346 e. The summed E-state index contributed by atoms with van der Waals surface area (Å²) in [5.74, 6) is 0. The van der Waals surface area contributed by atoms with Gasteiger partial charge in [0.1, 0.15) is 11.8 Å². The first kappa shape index (κ1) is 14.1. The van der Waals surface area contributed by atoms with E-state index in [9.17, 15) is 0 Å². The zero-order valence-electron chi connectivity index (χ0n) is 12.4. The maximum atomic E-state index is 8.92. The molecule has 2 unspecified atom stereocenters. The van der Waals surface area contributed by atoms with Crippen molar-refractivity contribution in [1.29, 1.82) is 5.26 Å². The molecule has 2 aliphatic carbocycles. The number of H-pyrrole nitrogens is 1. The number of aromatic amines is 1. The van der Waals surface area contributed by atoms with Gasteiger partial charge in [0.25, 0.3) is 0 Å². The highest BCUT2D eigenvalue weighted by Gasteiger charge is 2.22. The van der Waals surface area contributed by atoms with Crippen molar-refractivity contribution in [2.24, 2.45) is 0 Å². The van der Waals surface area contributed by atoms with Crippen LogP contribution in [-0.4, -0.2) is 30.7 Å². The van der Waals surface area contributed by atoms with Gasteiger partial charge < -0.3 is 15.6 Å². The van der Waals surface area contributed by atoms with Gasteiger partial charge in [0.2, 0.25) is 0 Å². The summed E-state index contributed by atoms with van der Waals surface area (Å²) in [4.78, 5) is 3.13. The van der Waals surface area contributed by atoms with Gasteiger partial charge in [-0.2, -0.15) is 5.26 Å². The maximum Gasteiger partial charge on any atom is 0.118 e. The van der Waals surface area contributed by atoms with Crippen LogP contribution in [0.1, 0.15) is 31.4 Å². The molecule has 110 valence electrons. The number of allylic oxidation sites excluding steroid dienone is 1. The Labute approximate surface area is 125 Å². The van der Waals surface area contributed by atoms with E-state index in [0.717, 1.165) is 23.5 Å². The predicted molar refractivity (Wildman–Crippen MR) is 84.9 cm³/mol. The molecule has 2 atom stereocenters. The van der Waals surface area contributed by atoms with Gasteiger partial charge in [-0.05, 0) is 50.1 Å². The summed E-state index contributed by atoms with van der Waals surface area (Å²) in [5, 5.41) is 18.1. The molecule has 3 N–H and O–H groups in total. The first-order valence-electron chi connectivity index (χ1n) is 7.68. The third-order valence-electron chi connectivity index (χ3n) is 4.53. The molecule has 21 heavy (non-hydrogen) atoms. The lowest BCUT2D eigenvalue weighted by atomic mass is 10.1. The first-order valence-corrected chi connectivity index (χ1v) is 7.68. The van der Waals surface area contributed by atoms with Crippen molar-refractivity contribution in [3.63, 3.8) is 0 Å². The van der Waals surface area contributed by atoms with Crippen LogP contribution in [-0.2, 0) is 0 Å². The third kappa shape index (κ3) is 3.26. The van der Waals surface area contributed by atoms with Crippen LogP contribution in [0.15, 0.2) is 17.7 Å². The lowest BCUT2D eigenvalue weighted by molar-refractivity contribution is 0.517.